The predicted molar refractivity (Wildman–Crippen MR) is 78.8 cm³/mol. The molecule has 4 nitrogen and oxygen atoms in total. The van der Waals surface area contributed by atoms with Gasteiger partial charge in [-0.2, -0.15) is 0 Å². The molecule has 18 heavy (non-hydrogen) atoms. The lowest BCUT2D eigenvalue weighted by Crippen LogP contribution is -2.40. The van der Waals surface area contributed by atoms with E-state index in [1.165, 1.54) is 0 Å². The van der Waals surface area contributed by atoms with Gasteiger partial charge in [-0.1, -0.05) is 20.8 Å². The first kappa shape index (κ1) is 17.9. The molecule has 0 spiro atoms. The number of nitrogens with one attached hydrogen (secondary N) is 1. The van der Waals surface area contributed by atoms with Crippen molar-refractivity contribution in [2.45, 2.75) is 52.3 Å². The average Bonchev–Trinajstić information content (AvgIpc) is 2.20. The van der Waals surface area contributed by atoms with E-state index in [-0.39, 0.29) is 5.75 Å². The summed E-state index contributed by atoms with van der Waals surface area (Å²) >= 11 is 0. The van der Waals surface area contributed by atoms with E-state index in [0.29, 0.717) is 12.6 Å². The van der Waals surface area contributed by atoms with Gasteiger partial charge in [-0.3, -0.25) is 0 Å². The number of sulfone groups is 1. The van der Waals surface area contributed by atoms with Gasteiger partial charge in [-0.05, 0) is 27.3 Å². The first-order valence-electron chi connectivity index (χ1n) is 6.78. The summed E-state index contributed by atoms with van der Waals surface area (Å²) in [6, 6.07) is 0.474. The molecule has 0 aliphatic rings. The number of likely N-dealkylation sites (N-methyl/N-ethyl adjacent to an activating group) is 1. The van der Waals surface area contributed by atoms with E-state index in [0.717, 1.165) is 19.6 Å². The average molecular weight is 278 g/mol. The molecule has 1 N–H and O–H groups in total. The highest BCUT2D eigenvalue weighted by Gasteiger charge is 2.28. The summed E-state index contributed by atoms with van der Waals surface area (Å²) in [6.07, 6.45) is 0. The van der Waals surface area contributed by atoms with Crippen LogP contribution in [0.25, 0.3) is 0 Å². The monoisotopic (exact) mass is 278 g/mol. The van der Waals surface area contributed by atoms with Crippen molar-refractivity contribution in [2.24, 2.45) is 0 Å². The summed E-state index contributed by atoms with van der Waals surface area (Å²) < 4.78 is 23.4. The van der Waals surface area contributed by atoms with Gasteiger partial charge < -0.3 is 10.2 Å². The van der Waals surface area contributed by atoms with Crippen LogP contribution in [0.3, 0.4) is 0 Å². The minimum atomic E-state index is -3.01. The van der Waals surface area contributed by atoms with E-state index < -0.39 is 14.6 Å². The molecule has 110 valence electrons. The third kappa shape index (κ3) is 6.71. The molecule has 0 saturated carbocycles. The summed E-state index contributed by atoms with van der Waals surface area (Å²) in [5.74, 6) is 0.242. The molecule has 0 rings (SSSR count). The Bertz CT molecular complexity index is 318. The number of nitrogens with zero attached hydrogens (tertiary/aromatic N) is 1. The van der Waals surface area contributed by atoms with Crippen molar-refractivity contribution in [3.05, 3.63) is 0 Å². The molecule has 0 radical (unpaired) electrons. The molecular formula is C13H30N2O2S. The minimum absolute atomic E-state index is 0.242. The normalized spacial score (nSPS) is 13.6. The van der Waals surface area contributed by atoms with Crippen LogP contribution in [-0.4, -0.2) is 56.0 Å². The SMILES string of the molecule is CCN(CCNC(C)C)CCS(=O)(=O)C(C)(C)C. The second kappa shape index (κ2) is 7.46. The topological polar surface area (TPSA) is 49.4 Å². The van der Waals surface area contributed by atoms with Crippen molar-refractivity contribution in [3.63, 3.8) is 0 Å². The molecule has 0 aromatic carbocycles. The van der Waals surface area contributed by atoms with E-state index in [9.17, 15) is 8.42 Å². The van der Waals surface area contributed by atoms with Crippen LogP contribution in [0.2, 0.25) is 0 Å². The molecule has 0 heterocycles. The Hall–Kier alpha value is -0.130. The molecule has 0 atom stereocenters. The maximum atomic E-state index is 12.0. The first-order valence-corrected chi connectivity index (χ1v) is 8.43. The third-order valence-corrected chi connectivity index (χ3v) is 5.62. The van der Waals surface area contributed by atoms with E-state index in [1.54, 1.807) is 20.8 Å². The summed E-state index contributed by atoms with van der Waals surface area (Å²) in [5.41, 5.74) is 0. The van der Waals surface area contributed by atoms with Gasteiger partial charge in [0.15, 0.2) is 9.84 Å². The van der Waals surface area contributed by atoms with Crippen LogP contribution in [-0.2, 0) is 9.84 Å². The maximum absolute atomic E-state index is 12.0. The third-order valence-electron chi connectivity index (χ3n) is 3.04. The fourth-order valence-corrected chi connectivity index (χ4v) is 2.61. The van der Waals surface area contributed by atoms with Crippen LogP contribution >= 0.6 is 0 Å². The lowest BCUT2D eigenvalue weighted by Gasteiger charge is -2.24. The molecule has 0 saturated heterocycles. The van der Waals surface area contributed by atoms with Gasteiger partial charge in [0.1, 0.15) is 0 Å². The summed E-state index contributed by atoms with van der Waals surface area (Å²) in [5, 5.41) is 3.35. The van der Waals surface area contributed by atoms with Crippen LogP contribution < -0.4 is 5.32 Å². The van der Waals surface area contributed by atoms with Crippen molar-refractivity contribution < 1.29 is 8.42 Å². The zero-order valence-electron chi connectivity index (χ0n) is 12.8. The van der Waals surface area contributed by atoms with E-state index >= 15 is 0 Å². The Kier molecular flexibility index (Phi) is 7.40. The second-order valence-corrected chi connectivity index (χ2v) is 8.84. The van der Waals surface area contributed by atoms with Crippen LogP contribution in [0.1, 0.15) is 41.5 Å². The largest absolute Gasteiger partial charge is 0.313 e. The first-order chi connectivity index (χ1) is 8.10. The molecule has 0 amide bonds. The standard InChI is InChI=1S/C13H30N2O2S/c1-7-15(9-8-14-12(2)3)10-11-18(16,17)13(4,5)6/h12,14H,7-11H2,1-6H3. The number of hydrogen-bond acceptors (Lipinski definition) is 4. The second-order valence-electron chi connectivity index (χ2n) is 5.97. The molecule has 0 aliphatic carbocycles. The minimum Gasteiger partial charge on any atom is -0.313 e. The van der Waals surface area contributed by atoms with Crippen molar-refractivity contribution in [1.29, 1.82) is 0 Å². The van der Waals surface area contributed by atoms with Gasteiger partial charge in [0.05, 0.1) is 10.5 Å². The Morgan fingerprint density at radius 3 is 2.11 bits per heavy atom. The highest BCUT2D eigenvalue weighted by molar-refractivity contribution is 7.92. The molecule has 0 bridgehead atoms. The maximum Gasteiger partial charge on any atom is 0.156 e. The Balaban J connectivity index is 4.16. The summed E-state index contributed by atoms with van der Waals surface area (Å²) in [6.45, 7) is 14.9. The number of hydrogen-bond donors (Lipinski definition) is 1. The summed E-state index contributed by atoms with van der Waals surface area (Å²) in [7, 11) is -3.01. The van der Waals surface area contributed by atoms with Gasteiger partial charge in [0.25, 0.3) is 0 Å². The van der Waals surface area contributed by atoms with Crippen LogP contribution in [0, 0.1) is 0 Å². The zero-order chi connectivity index (χ0) is 14.4. The van der Waals surface area contributed by atoms with Crippen molar-refractivity contribution in [1.82, 2.24) is 10.2 Å². The van der Waals surface area contributed by atoms with Crippen molar-refractivity contribution >= 4 is 9.84 Å². The fourth-order valence-electron chi connectivity index (χ4n) is 1.49. The van der Waals surface area contributed by atoms with Gasteiger partial charge in [0.2, 0.25) is 0 Å². The lowest BCUT2D eigenvalue weighted by molar-refractivity contribution is 0.299. The summed E-state index contributed by atoms with van der Waals surface area (Å²) in [4.78, 5) is 2.18. The molecule has 0 aromatic heterocycles. The van der Waals surface area contributed by atoms with E-state index in [2.05, 4.69) is 31.0 Å². The smallest absolute Gasteiger partial charge is 0.156 e. The van der Waals surface area contributed by atoms with Gasteiger partial charge in [-0.25, -0.2) is 8.42 Å². The highest BCUT2D eigenvalue weighted by atomic mass is 32.2. The fraction of sp³-hybridized carbons (Fsp3) is 1.00. The van der Waals surface area contributed by atoms with Gasteiger partial charge in [0, 0.05) is 25.7 Å². The van der Waals surface area contributed by atoms with Crippen molar-refractivity contribution in [3.8, 4) is 0 Å². The van der Waals surface area contributed by atoms with Gasteiger partial charge in [-0.15, -0.1) is 0 Å². The molecule has 0 fully saturated rings. The van der Waals surface area contributed by atoms with E-state index in [4.69, 9.17) is 0 Å². The van der Waals surface area contributed by atoms with Crippen LogP contribution in [0.15, 0.2) is 0 Å². The number of rotatable bonds is 8. The Morgan fingerprint density at radius 2 is 1.72 bits per heavy atom. The Labute approximate surface area is 113 Å². The van der Waals surface area contributed by atoms with Crippen molar-refractivity contribution in [2.75, 3.05) is 31.9 Å². The quantitative estimate of drug-likeness (QED) is 0.731. The Morgan fingerprint density at radius 1 is 1.17 bits per heavy atom. The zero-order valence-corrected chi connectivity index (χ0v) is 13.6. The van der Waals surface area contributed by atoms with Gasteiger partial charge >= 0.3 is 0 Å². The molecule has 5 heteroatoms. The van der Waals surface area contributed by atoms with Crippen LogP contribution in [0.4, 0.5) is 0 Å². The molecular weight excluding hydrogens is 248 g/mol. The molecule has 0 unspecified atom stereocenters. The van der Waals surface area contributed by atoms with Crippen LogP contribution in [0.5, 0.6) is 0 Å². The molecule has 0 aromatic rings. The lowest BCUT2D eigenvalue weighted by atomic mass is 10.3. The molecule has 0 aliphatic heterocycles. The van der Waals surface area contributed by atoms with E-state index in [1.807, 2.05) is 0 Å². The highest BCUT2D eigenvalue weighted by Crippen LogP contribution is 2.15. The predicted octanol–water partition coefficient (Wildman–Crippen LogP) is 1.52.